The molecule has 1 saturated carbocycles. The fourth-order valence-electron chi connectivity index (χ4n) is 2.28. The number of carbonyl (C=O) groups is 2. The summed E-state index contributed by atoms with van der Waals surface area (Å²) in [6.45, 7) is 0. The van der Waals surface area contributed by atoms with Gasteiger partial charge in [0, 0.05) is 11.8 Å². The van der Waals surface area contributed by atoms with Crippen LogP contribution in [0, 0.1) is 23.7 Å². The maximum absolute atomic E-state index is 10.6. The minimum absolute atomic E-state index is 0.0255. The average molecular weight is 150 g/mol. The molecule has 0 aromatic heterocycles. The summed E-state index contributed by atoms with van der Waals surface area (Å²) >= 11 is 0. The van der Waals surface area contributed by atoms with Crippen molar-refractivity contribution in [3.63, 3.8) is 0 Å². The summed E-state index contributed by atoms with van der Waals surface area (Å²) in [6, 6.07) is 0. The monoisotopic (exact) mass is 150 g/mol. The van der Waals surface area contributed by atoms with Gasteiger partial charge in [0.05, 0.1) is 0 Å². The van der Waals surface area contributed by atoms with E-state index in [1.807, 2.05) is 0 Å². The lowest BCUT2D eigenvalue weighted by molar-refractivity contribution is -0.119. The predicted octanol–water partition coefficient (Wildman–Crippen LogP) is 0.823. The highest BCUT2D eigenvalue weighted by molar-refractivity contribution is 5.68. The highest BCUT2D eigenvalue weighted by atomic mass is 16.1. The second-order valence-corrected chi connectivity index (χ2v) is 3.38. The normalized spacial score (nSPS) is 46.2. The Kier molecular flexibility index (Phi) is 1.41. The van der Waals surface area contributed by atoms with E-state index in [9.17, 15) is 9.59 Å². The van der Waals surface area contributed by atoms with Crippen molar-refractivity contribution >= 4 is 12.6 Å². The van der Waals surface area contributed by atoms with Crippen LogP contribution in [-0.2, 0) is 9.59 Å². The number of fused-ring (bicyclic) bond motifs is 2. The Bertz CT molecular complexity index is 198. The topological polar surface area (TPSA) is 34.1 Å². The van der Waals surface area contributed by atoms with Crippen LogP contribution in [-0.4, -0.2) is 12.6 Å². The third-order valence-corrected chi connectivity index (χ3v) is 2.90. The van der Waals surface area contributed by atoms with Gasteiger partial charge in [0.15, 0.2) is 0 Å². The lowest BCUT2D eigenvalue weighted by Crippen LogP contribution is -2.21. The van der Waals surface area contributed by atoms with Crippen molar-refractivity contribution < 1.29 is 9.59 Å². The summed E-state index contributed by atoms with van der Waals surface area (Å²) in [5.74, 6) is 0.658. The van der Waals surface area contributed by atoms with E-state index in [0.717, 1.165) is 19.0 Å². The zero-order valence-corrected chi connectivity index (χ0v) is 6.14. The van der Waals surface area contributed by atoms with E-state index in [1.165, 1.54) is 0 Å². The molecule has 1 fully saturated rings. The standard InChI is InChI=1S/C9H10O2/c10-4-8-6-1-2-7(3-6)9(8)5-11/h1-2,4-9H,3H2. The first-order valence-corrected chi connectivity index (χ1v) is 3.95. The SMILES string of the molecule is O=CC1C2C=CC(C2)C1C=O. The Morgan fingerprint density at radius 1 is 1.00 bits per heavy atom. The Morgan fingerprint density at radius 2 is 1.45 bits per heavy atom. The predicted molar refractivity (Wildman–Crippen MR) is 39.8 cm³/mol. The summed E-state index contributed by atoms with van der Waals surface area (Å²) < 4.78 is 0. The molecule has 0 aliphatic heterocycles. The van der Waals surface area contributed by atoms with Gasteiger partial charge in [-0.3, -0.25) is 0 Å². The third kappa shape index (κ3) is 0.785. The van der Waals surface area contributed by atoms with Crippen molar-refractivity contribution in [1.82, 2.24) is 0 Å². The Hall–Kier alpha value is -0.920. The molecule has 0 spiro atoms. The molecule has 0 aromatic rings. The molecular formula is C9H10O2. The van der Waals surface area contributed by atoms with Gasteiger partial charge in [-0.1, -0.05) is 12.2 Å². The number of rotatable bonds is 2. The van der Waals surface area contributed by atoms with Gasteiger partial charge in [0.2, 0.25) is 0 Å². The van der Waals surface area contributed by atoms with Crippen LogP contribution in [0.3, 0.4) is 0 Å². The lowest BCUT2D eigenvalue weighted by Gasteiger charge is -2.16. The average Bonchev–Trinajstić information content (AvgIpc) is 2.60. The molecule has 11 heavy (non-hydrogen) atoms. The summed E-state index contributed by atoms with van der Waals surface area (Å²) in [4.78, 5) is 21.1. The summed E-state index contributed by atoms with van der Waals surface area (Å²) in [6.07, 6.45) is 7.03. The maximum atomic E-state index is 10.6. The molecule has 4 atom stereocenters. The van der Waals surface area contributed by atoms with Crippen LogP contribution in [0.2, 0.25) is 0 Å². The number of hydrogen-bond acceptors (Lipinski definition) is 2. The molecule has 0 amide bonds. The Balaban J connectivity index is 2.27. The van der Waals surface area contributed by atoms with Crippen LogP contribution < -0.4 is 0 Å². The van der Waals surface area contributed by atoms with E-state index in [1.54, 1.807) is 0 Å². The Labute approximate surface area is 65.3 Å². The maximum Gasteiger partial charge on any atom is 0.124 e. The highest BCUT2D eigenvalue weighted by Crippen LogP contribution is 2.45. The molecule has 0 aromatic carbocycles. The quantitative estimate of drug-likeness (QED) is 0.431. The number of hydrogen-bond donors (Lipinski definition) is 0. The highest BCUT2D eigenvalue weighted by Gasteiger charge is 2.43. The van der Waals surface area contributed by atoms with Gasteiger partial charge < -0.3 is 9.59 Å². The van der Waals surface area contributed by atoms with Crippen LogP contribution in [0.25, 0.3) is 0 Å². The van der Waals surface area contributed by atoms with Gasteiger partial charge in [-0.2, -0.15) is 0 Å². The van der Waals surface area contributed by atoms with Gasteiger partial charge in [0.25, 0.3) is 0 Å². The van der Waals surface area contributed by atoms with Crippen molar-refractivity contribution in [3.05, 3.63) is 12.2 Å². The molecule has 2 nitrogen and oxygen atoms in total. The second-order valence-electron chi connectivity index (χ2n) is 3.38. The van der Waals surface area contributed by atoms with Crippen molar-refractivity contribution in [2.24, 2.45) is 23.7 Å². The molecule has 58 valence electrons. The first-order chi connectivity index (χ1) is 5.36. The van der Waals surface area contributed by atoms with E-state index < -0.39 is 0 Å². The van der Waals surface area contributed by atoms with Gasteiger partial charge in [-0.05, 0) is 18.3 Å². The molecule has 2 heteroatoms. The van der Waals surface area contributed by atoms with Gasteiger partial charge in [-0.15, -0.1) is 0 Å². The number of aldehydes is 2. The second kappa shape index (κ2) is 2.29. The first kappa shape index (κ1) is 6.77. The van der Waals surface area contributed by atoms with Crippen LogP contribution in [0.4, 0.5) is 0 Å². The molecular weight excluding hydrogens is 140 g/mol. The van der Waals surface area contributed by atoms with E-state index in [4.69, 9.17) is 0 Å². The summed E-state index contributed by atoms with van der Waals surface area (Å²) in [7, 11) is 0. The molecule has 0 saturated heterocycles. The van der Waals surface area contributed by atoms with Crippen LogP contribution in [0.15, 0.2) is 12.2 Å². The van der Waals surface area contributed by atoms with Crippen molar-refractivity contribution in [2.45, 2.75) is 6.42 Å². The largest absolute Gasteiger partial charge is 0.303 e. The van der Waals surface area contributed by atoms with E-state index >= 15 is 0 Å². The zero-order chi connectivity index (χ0) is 7.84. The lowest BCUT2D eigenvalue weighted by atomic mass is 9.85. The molecule has 0 heterocycles. The molecule has 4 unspecified atom stereocenters. The fraction of sp³-hybridized carbons (Fsp3) is 0.556. The van der Waals surface area contributed by atoms with Gasteiger partial charge in [0.1, 0.15) is 12.6 Å². The van der Waals surface area contributed by atoms with Crippen molar-refractivity contribution in [2.75, 3.05) is 0 Å². The number of allylic oxidation sites excluding steroid dienone is 2. The van der Waals surface area contributed by atoms with Crippen molar-refractivity contribution in [3.8, 4) is 0 Å². The first-order valence-electron chi connectivity index (χ1n) is 3.95. The Morgan fingerprint density at radius 3 is 1.82 bits per heavy atom. The zero-order valence-electron chi connectivity index (χ0n) is 6.14. The van der Waals surface area contributed by atoms with Crippen LogP contribution >= 0.6 is 0 Å². The summed E-state index contributed by atoms with van der Waals surface area (Å²) in [5.41, 5.74) is 0. The molecule has 0 N–H and O–H groups in total. The minimum Gasteiger partial charge on any atom is -0.303 e. The van der Waals surface area contributed by atoms with E-state index in [2.05, 4.69) is 12.2 Å². The van der Waals surface area contributed by atoms with Gasteiger partial charge in [-0.25, -0.2) is 0 Å². The third-order valence-electron chi connectivity index (χ3n) is 2.90. The summed E-state index contributed by atoms with van der Waals surface area (Å²) in [5, 5.41) is 0. The van der Waals surface area contributed by atoms with Crippen molar-refractivity contribution in [1.29, 1.82) is 0 Å². The van der Waals surface area contributed by atoms with Crippen LogP contribution in [0.1, 0.15) is 6.42 Å². The molecule has 2 bridgehead atoms. The minimum atomic E-state index is -0.0255. The number of carbonyl (C=O) groups excluding carboxylic acids is 2. The molecule has 2 rings (SSSR count). The van der Waals surface area contributed by atoms with Gasteiger partial charge >= 0.3 is 0 Å². The van der Waals surface area contributed by atoms with Crippen LogP contribution in [0.5, 0.6) is 0 Å². The molecule has 2 aliphatic rings. The molecule has 0 radical (unpaired) electrons. The molecule has 2 aliphatic carbocycles. The smallest absolute Gasteiger partial charge is 0.124 e. The fourth-order valence-corrected chi connectivity index (χ4v) is 2.28. The van der Waals surface area contributed by atoms with E-state index in [-0.39, 0.29) is 11.8 Å². The van der Waals surface area contributed by atoms with E-state index in [0.29, 0.717) is 11.8 Å².